The van der Waals surface area contributed by atoms with Crippen molar-refractivity contribution in [3.63, 3.8) is 0 Å². The van der Waals surface area contributed by atoms with Crippen molar-refractivity contribution in [3.05, 3.63) is 102 Å². The highest BCUT2D eigenvalue weighted by molar-refractivity contribution is 5.26. The van der Waals surface area contributed by atoms with Gasteiger partial charge in [0, 0.05) is 0 Å². The summed E-state index contributed by atoms with van der Waals surface area (Å²) < 4.78 is 17.5. The first-order valence-corrected chi connectivity index (χ1v) is 10.3. The third kappa shape index (κ3) is 6.99. The van der Waals surface area contributed by atoms with Crippen molar-refractivity contribution in [2.24, 2.45) is 0 Å². The third-order valence-electron chi connectivity index (χ3n) is 5.09. The molecule has 0 aromatic heterocycles. The van der Waals surface area contributed by atoms with Crippen molar-refractivity contribution in [2.75, 3.05) is 13.7 Å². The van der Waals surface area contributed by atoms with Crippen LogP contribution in [0.25, 0.3) is 0 Å². The van der Waals surface area contributed by atoms with Gasteiger partial charge in [-0.05, 0) is 41.7 Å². The van der Waals surface area contributed by atoms with E-state index in [0.29, 0.717) is 13.2 Å². The highest BCUT2D eigenvalue weighted by Crippen LogP contribution is 2.18. The lowest BCUT2D eigenvalue weighted by Crippen LogP contribution is -2.35. The van der Waals surface area contributed by atoms with Gasteiger partial charge in [0.15, 0.2) is 0 Å². The van der Waals surface area contributed by atoms with Gasteiger partial charge in [0.1, 0.15) is 11.9 Å². The van der Waals surface area contributed by atoms with E-state index < -0.39 is 6.10 Å². The maximum absolute atomic E-state index is 10.0. The van der Waals surface area contributed by atoms with E-state index in [1.165, 1.54) is 5.56 Å². The number of benzene rings is 3. The van der Waals surface area contributed by atoms with E-state index in [2.05, 4.69) is 12.1 Å². The monoisotopic (exact) mass is 406 g/mol. The number of aliphatic hydroxyl groups is 1. The summed E-state index contributed by atoms with van der Waals surface area (Å²) in [5, 5.41) is 10.0. The fourth-order valence-electron chi connectivity index (χ4n) is 3.31. The minimum atomic E-state index is -0.396. The van der Waals surface area contributed by atoms with Crippen LogP contribution in [0.3, 0.4) is 0 Å². The van der Waals surface area contributed by atoms with E-state index in [4.69, 9.17) is 14.2 Å². The van der Waals surface area contributed by atoms with Crippen LogP contribution in [0.5, 0.6) is 5.75 Å². The molecule has 0 radical (unpaired) electrons. The minimum Gasteiger partial charge on any atom is -0.497 e. The zero-order valence-electron chi connectivity index (χ0n) is 17.4. The van der Waals surface area contributed by atoms with Gasteiger partial charge < -0.3 is 19.3 Å². The summed E-state index contributed by atoms with van der Waals surface area (Å²) in [5.41, 5.74) is 3.38. The van der Waals surface area contributed by atoms with Crippen LogP contribution in [0.15, 0.2) is 84.9 Å². The molecule has 0 heterocycles. The van der Waals surface area contributed by atoms with Crippen LogP contribution in [-0.2, 0) is 29.1 Å². The van der Waals surface area contributed by atoms with Crippen LogP contribution < -0.4 is 4.74 Å². The molecule has 3 aromatic carbocycles. The predicted octanol–water partition coefficient (Wildman–Crippen LogP) is 4.79. The van der Waals surface area contributed by atoms with Crippen molar-refractivity contribution in [1.29, 1.82) is 0 Å². The molecule has 4 nitrogen and oxygen atoms in total. The zero-order chi connectivity index (χ0) is 21.0. The van der Waals surface area contributed by atoms with E-state index in [9.17, 15) is 5.11 Å². The summed E-state index contributed by atoms with van der Waals surface area (Å²) in [6, 6.07) is 28.1. The second-order valence-electron chi connectivity index (χ2n) is 7.24. The van der Waals surface area contributed by atoms with Crippen LogP contribution in [0.4, 0.5) is 0 Å². The van der Waals surface area contributed by atoms with E-state index in [1.54, 1.807) is 7.11 Å². The molecule has 30 heavy (non-hydrogen) atoms. The molecule has 0 spiro atoms. The van der Waals surface area contributed by atoms with Gasteiger partial charge in [0.2, 0.25) is 0 Å². The lowest BCUT2D eigenvalue weighted by molar-refractivity contribution is -0.106. The first kappa shape index (κ1) is 22.0. The molecule has 3 aromatic rings. The first-order chi connectivity index (χ1) is 14.8. The molecular formula is C26H30O4. The second-order valence-corrected chi connectivity index (χ2v) is 7.24. The molecule has 0 unspecified atom stereocenters. The maximum Gasteiger partial charge on any atom is 0.118 e. The van der Waals surface area contributed by atoms with Crippen molar-refractivity contribution in [1.82, 2.24) is 0 Å². The SMILES string of the molecule is COc1ccc(CO[C@H](CCc2ccccc2)[C@@H](CO)OCc2ccccc2)cc1. The summed E-state index contributed by atoms with van der Waals surface area (Å²) in [7, 11) is 1.65. The summed E-state index contributed by atoms with van der Waals surface area (Å²) >= 11 is 0. The Morgan fingerprint density at radius 2 is 1.20 bits per heavy atom. The van der Waals surface area contributed by atoms with Gasteiger partial charge in [0.05, 0.1) is 33.0 Å². The molecule has 0 saturated heterocycles. The zero-order valence-corrected chi connectivity index (χ0v) is 17.4. The topological polar surface area (TPSA) is 47.9 Å². The molecule has 0 aliphatic carbocycles. The smallest absolute Gasteiger partial charge is 0.118 e. The van der Waals surface area contributed by atoms with Gasteiger partial charge in [-0.3, -0.25) is 0 Å². The maximum atomic E-state index is 10.0. The normalized spacial score (nSPS) is 13.0. The molecule has 3 rings (SSSR count). The summed E-state index contributed by atoms with van der Waals surface area (Å²) in [4.78, 5) is 0. The molecule has 4 heteroatoms. The van der Waals surface area contributed by atoms with E-state index in [-0.39, 0.29) is 12.7 Å². The number of aryl methyl sites for hydroxylation is 1. The molecule has 0 fully saturated rings. The Bertz CT molecular complexity index is 834. The lowest BCUT2D eigenvalue weighted by Gasteiger charge is -2.26. The first-order valence-electron chi connectivity index (χ1n) is 10.3. The summed E-state index contributed by atoms with van der Waals surface area (Å²) in [5.74, 6) is 0.818. The fourth-order valence-corrected chi connectivity index (χ4v) is 3.31. The number of rotatable bonds is 12. The number of methoxy groups -OCH3 is 1. The minimum absolute atomic E-state index is 0.0884. The Balaban J connectivity index is 1.64. The number of aliphatic hydroxyl groups excluding tert-OH is 1. The second kappa shape index (κ2) is 12.1. The standard InChI is InChI=1S/C26H30O4/c1-28-24-15-12-23(13-16-24)20-29-25(17-14-21-8-4-2-5-9-21)26(18-27)30-19-22-10-6-3-7-11-22/h2-13,15-16,25-27H,14,17-20H2,1H3/t25-,26-/m1/s1. The quantitative estimate of drug-likeness (QED) is 0.470. The van der Waals surface area contributed by atoms with Crippen LogP contribution >= 0.6 is 0 Å². The van der Waals surface area contributed by atoms with E-state index >= 15 is 0 Å². The molecule has 0 saturated carbocycles. The molecule has 2 atom stereocenters. The van der Waals surface area contributed by atoms with Crippen molar-refractivity contribution >= 4 is 0 Å². The van der Waals surface area contributed by atoms with Gasteiger partial charge in [-0.2, -0.15) is 0 Å². The average molecular weight is 407 g/mol. The predicted molar refractivity (Wildman–Crippen MR) is 118 cm³/mol. The largest absolute Gasteiger partial charge is 0.497 e. The molecular weight excluding hydrogens is 376 g/mol. The Morgan fingerprint density at radius 3 is 1.77 bits per heavy atom. The molecule has 0 bridgehead atoms. The van der Waals surface area contributed by atoms with Gasteiger partial charge in [-0.25, -0.2) is 0 Å². The Labute approximate surface area is 179 Å². The van der Waals surface area contributed by atoms with Crippen molar-refractivity contribution in [2.45, 2.75) is 38.3 Å². The summed E-state index contributed by atoms with van der Waals surface area (Å²) in [6.07, 6.45) is 1.01. The summed E-state index contributed by atoms with van der Waals surface area (Å²) in [6.45, 7) is 0.809. The highest BCUT2D eigenvalue weighted by Gasteiger charge is 2.23. The number of hydrogen-bond acceptors (Lipinski definition) is 4. The average Bonchev–Trinajstić information content (AvgIpc) is 2.82. The molecule has 0 aliphatic rings. The van der Waals surface area contributed by atoms with Gasteiger partial charge in [-0.15, -0.1) is 0 Å². The van der Waals surface area contributed by atoms with E-state index in [0.717, 1.165) is 29.7 Å². The fraction of sp³-hybridized carbons (Fsp3) is 0.308. The van der Waals surface area contributed by atoms with Gasteiger partial charge in [-0.1, -0.05) is 72.8 Å². The molecule has 1 N–H and O–H groups in total. The molecule has 0 aliphatic heterocycles. The molecule has 0 amide bonds. The van der Waals surface area contributed by atoms with Crippen LogP contribution in [0.2, 0.25) is 0 Å². The Kier molecular flexibility index (Phi) is 8.91. The lowest BCUT2D eigenvalue weighted by atomic mass is 10.0. The van der Waals surface area contributed by atoms with Crippen molar-refractivity contribution < 1.29 is 19.3 Å². The Hall–Kier alpha value is -2.66. The number of ether oxygens (including phenoxy) is 3. The Morgan fingerprint density at radius 1 is 0.667 bits per heavy atom. The number of hydrogen-bond donors (Lipinski definition) is 1. The van der Waals surface area contributed by atoms with E-state index in [1.807, 2.05) is 72.8 Å². The molecule has 158 valence electrons. The van der Waals surface area contributed by atoms with Gasteiger partial charge >= 0.3 is 0 Å². The van der Waals surface area contributed by atoms with Crippen LogP contribution in [-0.4, -0.2) is 31.0 Å². The van der Waals surface area contributed by atoms with Crippen LogP contribution in [0, 0.1) is 0 Å². The van der Waals surface area contributed by atoms with Crippen molar-refractivity contribution in [3.8, 4) is 5.75 Å². The highest BCUT2D eigenvalue weighted by atomic mass is 16.5. The van der Waals surface area contributed by atoms with Crippen LogP contribution in [0.1, 0.15) is 23.1 Å². The third-order valence-corrected chi connectivity index (χ3v) is 5.09. The van der Waals surface area contributed by atoms with Gasteiger partial charge in [0.25, 0.3) is 0 Å².